The van der Waals surface area contributed by atoms with Crippen molar-refractivity contribution in [3.8, 4) is 0 Å². The number of carbonyl (C=O) groups is 3. The number of nitrogens with one attached hydrogen (secondary N) is 2. The molecule has 0 aliphatic carbocycles. The highest BCUT2D eigenvalue weighted by atomic mass is 35.5. The maximum Gasteiger partial charge on any atom is 0.269 e. The summed E-state index contributed by atoms with van der Waals surface area (Å²) in [6.07, 6.45) is 0.663. The predicted octanol–water partition coefficient (Wildman–Crippen LogP) is 1.57. The van der Waals surface area contributed by atoms with Gasteiger partial charge in [-0.05, 0) is 12.1 Å². The number of fused-ring (bicyclic) bond motifs is 1. The van der Waals surface area contributed by atoms with Gasteiger partial charge in [-0.3, -0.25) is 14.3 Å². The van der Waals surface area contributed by atoms with E-state index in [9.17, 15) is 18.8 Å². The Labute approximate surface area is 176 Å². The zero-order chi connectivity index (χ0) is 21.7. The van der Waals surface area contributed by atoms with Gasteiger partial charge in [-0.25, -0.2) is 4.39 Å². The zero-order valence-electron chi connectivity index (χ0n) is 15.8. The smallest absolute Gasteiger partial charge is 0.269 e. The number of rotatable bonds is 9. The van der Waals surface area contributed by atoms with Gasteiger partial charge in [-0.15, -0.1) is 0 Å². The van der Waals surface area contributed by atoms with Gasteiger partial charge in [-0.1, -0.05) is 41.9 Å². The molecule has 0 fully saturated rings. The lowest BCUT2D eigenvalue weighted by molar-refractivity contribution is -0.120. The molecule has 1 heterocycles. The van der Waals surface area contributed by atoms with Crippen LogP contribution in [-0.2, 0) is 16.1 Å². The Morgan fingerprint density at radius 2 is 2.00 bits per heavy atom. The molecule has 3 aromatic rings. The Bertz CT molecular complexity index is 1100. The standard InChI is InChI=1S/C20H19ClFN5O3/c21-15-6-3-4-12(18(15)22)8-25-17(29)10-24-9-13(11-28)27-16-7-2-1-5-14(16)19(26-27)20(23)30/h1-7,11,13,24H,8-10H2,(H2,23,30)(H,25,29). The minimum absolute atomic E-state index is 0.0181. The van der Waals surface area contributed by atoms with Crippen molar-refractivity contribution >= 4 is 40.6 Å². The lowest BCUT2D eigenvalue weighted by Crippen LogP contribution is -2.37. The third kappa shape index (κ3) is 4.64. The Balaban J connectivity index is 1.60. The van der Waals surface area contributed by atoms with E-state index in [1.165, 1.54) is 16.8 Å². The van der Waals surface area contributed by atoms with Crippen molar-refractivity contribution in [2.45, 2.75) is 12.6 Å². The molecule has 30 heavy (non-hydrogen) atoms. The maximum atomic E-state index is 13.8. The van der Waals surface area contributed by atoms with E-state index in [1.807, 2.05) is 0 Å². The van der Waals surface area contributed by atoms with Crippen LogP contribution in [0.5, 0.6) is 0 Å². The van der Waals surface area contributed by atoms with Gasteiger partial charge in [-0.2, -0.15) is 5.10 Å². The SMILES string of the molecule is NC(=O)c1nn(C(C=O)CNCC(=O)NCc2cccc(Cl)c2F)c2ccccc12. The average molecular weight is 432 g/mol. The summed E-state index contributed by atoms with van der Waals surface area (Å²) in [5.41, 5.74) is 6.28. The van der Waals surface area contributed by atoms with Crippen LogP contribution in [-0.4, -0.2) is 41.0 Å². The summed E-state index contributed by atoms with van der Waals surface area (Å²) in [6.45, 7) is -0.0312. The molecule has 8 nitrogen and oxygen atoms in total. The molecule has 0 saturated heterocycles. The number of aldehydes is 1. The van der Waals surface area contributed by atoms with E-state index >= 15 is 0 Å². The third-order valence-electron chi connectivity index (χ3n) is 4.46. The van der Waals surface area contributed by atoms with E-state index in [1.54, 1.807) is 30.3 Å². The number of nitrogens with zero attached hydrogens (tertiary/aromatic N) is 2. The van der Waals surface area contributed by atoms with E-state index in [0.29, 0.717) is 17.2 Å². The number of amides is 2. The van der Waals surface area contributed by atoms with Crippen LogP contribution in [0, 0.1) is 5.82 Å². The first-order chi connectivity index (χ1) is 14.4. The molecule has 0 radical (unpaired) electrons. The van der Waals surface area contributed by atoms with Crippen molar-refractivity contribution in [3.05, 3.63) is 64.6 Å². The van der Waals surface area contributed by atoms with Gasteiger partial charge in [0.1, 0.15) is 18.1 Å². The largest absolute Gasteiger partial charge is 0.364 e. The summed E-state index contributed by atoms with van der Waals surface area (Å²) in [4.78, 5) is 35.3. The van der Waals surface area contributed by atoms with Crippen molar-refractivity contribution in [2.75, 3.05) is 13.1 Å². The minimum atomic E-state index is -0.763. The van der Waals surface area contributed by atoms with Crippen LogP contribution in [0.25, 0.3) is 10.9 Å². The Morgan fingerprint density at radius 1 is 1.23 bits per heavy atom. The van der Waals surface area contributed by atoms with Gasteiger partial charge >= 0.3 is 0 Å². The van der Waals surface area contributed by atoms with Crippen molar-refractivity contribution in [1.82, 2.24) is 20.4 Å². The molecular weight excluding hydrogens is 413 g/mol. The molecule has 0 saturated carbocycles. The number of halogens is 2. The fourth-order valence-corrected chi connectivity index (χ4v) is 3.19. The van der Waals surface area contributed by atoms with E-state index in [4.69, 9.17) is 17.3 Å². The van der Waals surface area contributed by atoms with Gasteiger partial charge in [0.2, 0.25) is 5.91 Å². The predicted molar refractivity (Wildman–Crippen MR) is 109 cm³/mol. The summed E-state index contributed by atoms with van der Waals surface area (Å²) in [6, 6.07) is 10.7. The number of hydrogen-bond donors (Lipinski definition) is 3. The second kappa shape index (κ2) is 9.47. The molecule has 10 heteroatoms. The number of hydrogen-bond acceptors (Lipinski definition) is 5. The summed E-state index contributed by atoms with van der Waals surface area (Å²) in [5.74, 6) is -1.67. The summed E-state index contributed by atoms with van der Waals surface area (Å²) in [7, 11) is 0. The second-order valence-electron chi connectivity index (χ2n) is 6.50. The van der Waals surface area contributed by atoms with Gasteiger partial charge in [0.15, 0.2) is 5.69 Å². The fraction of sp³-hybridized carbons (Fsp3) is 0.200. The van der Waals surface area contributed by atoms with Crippen LogP contribution in [0.3, 0.4) is 0 Å². The first kappa shape index (κ1) is 21.4. The first-order valence-corrected chi connectivity index (χ1v) is 9.42. The number of primary amides is 1. The van der Waals surface area contributed by atoms with Crippen molar-refractivity contribution in [1.29, 1.82) is 0 Å². The molecule has 1 atom stereocenters. The molecule has 156 valence electrons. The van der Waals surface area contributed by atoms with Crippen LogP contribution in [0.2, 0.25) is 5.02 Å². The molecular formula is C20H19ClFN5O3. The number of carbonyl (C=O) groups excluding carboxylic acids is 3. The number of nitrogens with two attached hydrogens (primary N) is 1. The lowest BCUT2D eigenvalue weighted by atomic mass is 10.2. The zero-order valence-corrected chi connectivity index (χ0v) is 16.5. The topological polar surface area (TPSA) is 119 Å². The molecule has 1 aromatic heterocycles. The molecule has 2 aromatic carbocycles. The Morgan fingerprint density at radius 3 is 2.73 bits per heavy atom. The normalized spacial score (nSPS) is 11.9. The highest BCUT2D eigenvalue weighted by molar-refractivity contribution is 6.30. The van der Waals surface area contributed by atoms with Crippen LogP contribution >= 0.6 is 11.6 Å². The van der Waals surface area contributed by atoms with Gasteiger partial charge in [0, 0.05) is 24.0 Å². The summed E-state index contributed by atoms with van der Waals surface area (Å²) >= 11 is 5.71. The van der Waals surface area contributed by atoms with E-state index in [-0.39, 0.29) is 41.8 Å². The quantitative estimate of drug-likeness (QED) is 0.444. The van der Waals surface area contributed by atoms with Crippen molar-refractivity contribution < 1.29 is 18.8 Å². The van der Waals surface area contributed by atoms with Crippen molar-refractivity contribution in [2.24, 2.45) is 5.73 Å². The number of aromatic nitrogens is 2. The van der Waals surface area contributed by atoms with E-state index < -0.39 is 17.8 Å². The summed E-state index contributed by atoms with van der Waals surface area (Å²) in [5, 5.41) is 10.1. The van der Waals surface area contributed by atoms with Crippen LogP contribution in [0.1, 0.15) is 22.1 Å². The molecule has 2 amide bonds. The molecule has 0 aliphatic heterocycles. The van der Waals surface area contributed by atoms with E-state index in [0.717, 1.165) is 0 Å². The summed E-state index contributed by atoms with van der Waals surface area (Å²) < 4.78 is 15.2. The van der Waals surface area contributed by atoms with Crippen LogP contribution in [0.4, 0.5) is 4.39 Å². The molecule has 0 bridgehead atoms. The van der Waals surface area contributed by atoms with E-state index in [2.05, 4.69) is 15.7 Å². The van der Waals surface area contributed by atoms with Crippen molar-refractivity contribution in [3.63, 3.8) is 0 Å². The Hall–Kier alpha value is -3.30. The molecule has 0 spiro atoms. The second-order valence-corrected chi connectivity index (χ2v) is 6.91. The number of para-hydroxylation sites is 1. The maximum absolute atomic E-state index is 13.8. The molecule has 0 aliphatic rings. The molecule has 4 N–H and O–H groups in total. The molecule has 1 unspecified atom stereocenters. The Kier molecular flexibility index (Phi) is 6.76. The monoisotopic (exact) mass is 431 g/mol. The minimum Gasteiger partial charge on any atom is -0.364 e. The first-order valence-electron chi connectivity index (χ1n) is 9.05. The fourth-order valence-electron chi connectivity index (χ4n) is 2.99. The van der Waals surface area contributed by atoms with Gasteiger partial charge in [0.05, 0.1) is 17.1 Å². The average Bonchev–Trinajstić information content (AvgIpc) is 3.12. The lowest BCUT2D eigenvalue weighted by Gasteiger charge is -2.13. The van der Waals surface area contributed by atoms with Crippen LogP contribution in [0.15, 0.2) is 42.5 Å². The third-order valence-corrected chi connectivity index (χ3v) is 4.76. The van der Waals surface area contributed by atoms with Gasteiger partial charge < -0.3 is 21.2 Å². The van der Waals surface area contributed by atoms with Crippen LogP contribution < -0.4 is 16.4 Å². The van der Waals surface area contributed by atoms with Gasteiger partial charge in [0.25, 0.3) is 5.91 Å². The highest BCUT2D eigenvalue weighted by Gasteiger charge is 2.20. The number of benzene rings is 2. The highest BCUT2D eigenvalue weighted by Crippen LogP contribution is 2.21. The molecule has 3 rings (SSSR count).